The van der Waals surface area contributed by atoms with E-state index < -0.39 is 0 Å². The zero-order valence-corrected chi connectivity index (χ0v) is 21.8. The molecule has 34 heavy (non-hydrogen) atoms. The summed E-state index contributed by atoms with van der Waals surface area (Å²) in [5, 5.41) is 0. The fourth-order valence-corrected chi connectivity index (χ4v) is 3.08. The van der Waals surface area contributed by atoms with Crippen LogP contribution in [0.3, 0.4) is 0 Å². The molecule has 0 unspecified atom stereocenters. The summed E-state index contributed by atoms with van der Waals surface area (Å²) >= 11 is 0. The highest BCUT2D eigenvalue weighted by Crippen LogP contribution is 2.07. The van der Waals surface area contributed by atoms with Gasteiger partial charge in [-0.1, -0.05) is 65.2 Å². The summed E-state index contributed by atoms with van der Waals surface area (Å²) < 4.78 is 31.8. The number of hydrogen-bond donors (Lipinski definition) is 0. The van der Waals surface area contributed by atoms with Crippen LogP contribution < -0.4 is 0 Å². The highest BCUT2D eigenvalue weighted by Gasteiger charge is 2.03. The molecule has 0 saturated heterocycles. The van der Waals surface area contributed by atoms with Gasteiger partial charge in [0.25, 0.3) is 0 Å². The molecule has 0 heterocycles. The third kappa shape index (κ3) is 27.0. The maximum atomic E-state index is 11.6. The van der Waals surface area contributed by atoms with Gasteiger partial charge in [-0.15, -0.1) is 0 Å². The first kappa shape index (κ1) is 32.8. The average molecular weight is 491 g/mol. The lowest BCUT2D eigenvalue weighted by atomic mass is 10.1. The Balaban J connectivity index is 3.17. The SMILES string of the molecule is CCCCCCCCC(=O)OCCOCCOCCOCCOCCOC(=O)CCCCCC. The quantitative estimate of drug-likeness (QED) is 0.119. The Kier molecular flexibility index (Phi) is 27.0. The highest BCUT2D eigenvalue weighted by molar-refractivity contribution is 5.69. The van der Waals surface area contributed by atoms with Gasteiger partial charge in [0.05, 0.1) is 52.9 Å². The van der Waals surface area contributed by atoms with E-state index >= 15 is 0 Å². The van der Waals surface area contributed by atoms with Crippen LogP contribution in [0.4, 0.5) is 0 Å². The summed E-state index contributed by atoms with van der Waals surface area (Å²) in [5.41, 5.74) is 0. The molecule has 0 aliphatic rings. The molecule has 202 valence electrons. The first-order valence-corrected chi connectivity index (χ1v) is 13.3. The van der Waals surface area contributed by atoms with Gasteiger partial charge < -0.3 is 28.4 Å². The van der Waals surface area contributed by atoms with E-state index in [-0.39, 0.29) is 25.2 Å². The number of rotatable bonds is 27. The lowest BCUT2D eigenvalue weighted by molar-refractivity contribution is -0.146. The van der Waals surface area contributed by atoms with Crippen molar-refractivity contribution >= 4 is 11.9 Å². The molecule has 0 aromatic heterocycles. The molecule has 0 saturated carbocycles. The first-order chi connectivity index (χ1) is 16.7. The van der Waals surface area contributed by atoms with E-state index in [2.05, 4.69) is 13.8 Å². The molecule has 0 aromatic rings. The van der Waals surface area contributed by atoms with Crippen LogP contribution >= 0.6 is 0 Å². The van der Waals surface area contributed by atoms with Crippen molar-refractivity contribution in [3.8, 4) is 0 Å². The minimum atomic E-state index is -0.151. The molecule has 0 rings (SSSR count). The lowest BCUT2D eigenvalue weighted by Crippen LogP contribution is -2.15. The van der Waals surface area contributed by atoms with E-state index in [1.54, 1.807) is 0 Å². The van der Waals surface area contributed by atoms with Gasteiger partial charge in [0.15, 0.2) is 0 Å². The molecule has 0 aliphatic carbocycles. The molecule has 0 atom stereocenters. The van der Waals surface area contributed by atoms with Crippen molar-refractivity contribution in [2.75, 3.05) is 66.1 Å². The van der Waals surface area contributed by atoms with Crippen LogP contribution in [0.5, 0.6) is 0 Å². The van der Waals surface area contributed by atoms with Gasteiger partial charge in [0.2, 0.25) is 0 Å². The second kappa shape index (κ2) is 28.0. The number of hydrogen-bond acceptors (Lipinski definition) is 8. The Morgan fingerprint density at radius 2 is 0.706 bits per heavy atom. The molecular formula is C26H50O8. The molecule has 0 amide bonds. The number of carbonyl (C=O) groups is 2. The molecule has 8 nitrogen and oxygen atoms in total. The van der Waals surface area contributed by atoms with Crippen LogP contribution in [0.2, 0.25) is 0 Å². The van der Waals surface area contributed by atoms with Crippen LogP contribution in [-0.2, 0) is 38.0 Å². The molecular weight excluding hydrogens is 440 g/mol. The number of ether oxygens (including phenoxy) is 6. The van der Waals surface area contributed by atoms with E-state index in [1.165, 1.54) is 25.7 Å². The summed E-state index contributed by atoms with van der Waals surface area (Å²) in [6.45, 7) is 8.47. The van der Waals surface area contributed by atoms with Crippen LogP contribution in [-0.4, -0.2) is 78.0 Å². The van der Waals surface area contributed by atoms with Crippen molar-refractivity contribution in [1.82, 2.24) is 0 Å². The van der Waals surface area contributed by atoms with Crippen molar-refractivity contribution in [3.63, 3.8) is 0 Å². The van der Waals surface area contributed by atoms with Gasteiger partial charge >= 0.3 is 11.9 Å². The molecule has 0 spiro atoms. The third-order valence-corrected chi connectivity index (χ3v) is 5.07. The molecule has 0 aliphatic heterocycles. The molecule has 0 bridgehead atoms. The van der Waals surface area contributed by atoms with Crippen molar-refractivity contribution in [1.29, 1.82) is 0 Å². The minimum Gasteiger partial charge on any atom is -0.463 e. The Morgan fingerprint density at radius 1 is 0.412 bits per heavy atom. The van der Waals surface area contributed by atoms with Crippen LogP contribution in [0.15, 0.2) is 0 Å². The predicted octanol–water partition coefficient (Wildman–Crippen LogP) is 4.86. The van der Waals surface area contributed by atoms with E-state index in [0.717, 1.165) is 38.5 Å². The van der Waals surface area contributed by atoms with E-state index in [1.807, 2.05) is 0 Å². The number of unbranched alkanes of at least 4 members (excludes halogenated alkanes) is 8. The minimum absolute atomic E-state index is 0.143. The third-order valence-electron chi connectivity index (χ3n) is 5.07. The molecule has 0 aromatic carbocycles. The topological polar surface area (TPSA) is 89.5 Å². The number of esters is 2. The van der Waals surface area contributed by atoms with Crippen molar-refractivity contribution < 1.29 is 38.0 Å². The second-order valence-corrected chi connectivity index (χ2v) is 8.22. The normalized spacial score (nSPS) is 11.0. The Hall–Kier alpha value is -1.22. The summed E-state index contributed by atoms with van der Waals surface area (Å²) in [7, 11) is 0. The van der Waals surface area contributed by atoms with E-state index in [9.17, 15) is 9.59 Å². The summed E-state index contributed by atoms with van der Waals surface area (Å²) in [6, 6.07) is 0. The van der Waals surface area contributed by atoms with Gasteiger partial charge in [0.1, 0.15) is 13.2 Å². The molecule has 0 radical (unpaired) electrons. The Bertz CT molecular complexity index is 445. The van der Waals surface area contributed by atoms with E-state index in [4.69, 9.17) is 28.4 Å². The van der Waals surface area contributed by atoms with Gasteiger partial charge in [-0.3, -0.25) is 9.59 Å². The van der Waals surface area contributed by atoms with Gasteiger partial charge in [0, 0.05) is 12.8 Å². The average Bonchev–Trinajstić information content (AvgIpc) is 2.83. The largest absolute Gasteiger partial charge is 0.463 e. The molecule has 0 fully saturated rings. The standard InChI is InChI=1S/C26H50O8/c1-3-5-7-9-10-12-14-26(28)34-24-22-32-20-18-30-16-15-29-17-19-31-21-23-33-25(27)13-11-8-6-4-2/h3-24H2,1-2H3. The maximum absolute atomic E-state index is 11.6. The van der Waals surface area contributed by atoms with Gasteiger partial charge in [-0.05, 0) is 12.8 Å². The van der Waals surface area contributed by atoms with Crippen molar-refractivity contribution in [3.05, 3.63) is 0 Å². The summed E-state index contributed by atoms with van der Waals surface area (Å²) in [5.74, 6) is -0.295. The summed E-state index contributed by atoms with van der Waals surface area (Å²) in [6.07, 6.45) is 12.2. The lowest BCUT2D eigenvalue weighted by Gasteiger charge is -2.08. The van der Waals surface area contributed by atoms with Crippen LogP contribution in [0.1, 0.15) is 90.9 Å². The fourth-order valence-electron chi connectivity index (χ4n) is 3.08. The fraction of sp³-hybridized carbons (Fsp3) is 0.923. The maximum Gasteiger partial charge on any atom is 0.305 e. The van der Waals surface area contributed by atoms with Crippen LogP contribution in [0, 0.1) is 0 Å². The highest BCUT2D eigenvalue weighted by atomic mass is 16.6. The summed E-state index contributed by atoms with van der Waals surface area (Å²) in [4.78, 5) is 23.1. The first-order valence-electron chi connectivity index (χ1n) is 13.3. The second-order valence-electron chi connectivity index (χ2n) is 8.22. The smallest absolute Gasteiger partial charge is 0.305 e. The Labute approximate surface area is 207 Å². The zero-order valence-electron chi connectivity index (χ0n) is 21.8. The predicted molar refractivity (Wildman–Crippen MR) is 132 cm³/mol. The van der Waals surface area contributed by atoms with Crippen molar-refractivity contribution in [2.24, 2.45) is 0 Å². The number of carbonyl (C=O) groups excluding carboxylic acids is 2. The Morgan fingerprint density at radius 3 is 1.09 bits per heavy atom. The van der Waals surface area contributed by atoms with Crippen molar-refractivity contribution in [2.45, 2.75) is 90.9 Å². The zero-order chi connectivity index (χ0) is 25.0. The monoisotopic (exact) mass is 490 g/mol. The van der Waals surface area contributed by atoms with Gasteiger partial charge in [-0.25, -0.2) is 0 Å². The van der Waals surface area contributed by atoms with Gasteiger partial charge in [-0.2, -0.15) is 0 Å². The molecule has 8 heteroatoms. The van der Waals surface area contributed by atoms with E-state index in [0.29, 0.717) is 65.7 Å². The molecule has 0 N–H and O–H groups in total. The van der Waals surface area contributed by atoms with Crippen LogP contribution in [0.25, 0.3) is 0 Å².